The summed E-state index contributed by atoms with van der Waals surface area (Å²) in [5.74, 6) is 0.874. The first-order chi connectivity index (χ1) is 12.3. The van der Waals surface area contributed by atoms with Gasteiger partial charge in [0.1, 0.15) is 11.9 Å². The Bertz CT molecular complexity index is 645. The van der Waals surface area contributed by atoms with Crippen LogP contribution in [0.15, 0.2) is 48.5 Å². The molecule has 2 aromatic carbocycles. The molecule has 0 spiro atoms. The number of rotatable bonds is 6. The molecule has 3 nitrogen and oxygen atoms in total. The fourth-order valence-corrected chi connectivity index (χ4v) is 3.63. The highest BCUT2D eigenvalue weighted by atomic mass is 16.5. The van der Waals surface area contributed by atoms with Gasteiger partial charge in [-0.2, -0.15) is 0 Å². The lowest BCUT2D eigenvalue weighted by molar-refractivity contribution is 0.000362. The molecule has 0 heterocycles. The molecule has 134 valence electrons. The number of ether oxygens (including phenoxy) is 2. The number of methoxy groups -OCH3 is 1. The molecule has 2 aromatic rings. The van der Waals surface area contributed by atoms with Crippen LogP contribution in [0.4, 0.5) is 5.69 Å². The van der Waals surface area contributed by atoms with E-state index in [4.69, 9.17) is 9.47 Å². The topological polar surface area (TPSA) is 30.5 Å². The average Bonchev–Trinajstić information content (AvgIpc) is 2.95. The second kappa shape index (κ2) is 8.91. The summed E-state index contributed by atoms with van der Waals surface area (Å²) in [6.07, 6.45) is 7.81. The largest absolute Gasteiger partial charge is 0.497 e. The molecule has 0 saturated heterocycles. The monoisotopic (exact) mass is 339 g/mol. The summed E-state index contributed by atoms with van der Waals surface area (Å²) >= 11 is 0. The number of benzene rings is 2. The van der Waals surface area contributed by atoms with E-state index in [2.05, 4.69) is 41.7 Å². The summed E-state index contributed by atoms with van der Waals surface area (Å²) in [7, 11) is 3.67. The van der Waals surface area contributed by atoms with Crippen molar-refractivity contribution in [2.45, 2.75) is 50.7 Å². The highest BCUT2D eigenvalue weighted by Crippen LogP contribution is 2.35. The van der Waals surface area contributed by atoms with Crippen molar-refractivity contribution in [3.63, 3.8) is 0 Å². The molecule has 3 heteroatoms. The maximum absolute atomic E-state index is 6.68. The number of hydrogen-bond acceptors (Lipinski definition) is 3. The molecule has 0 bridgehead atoms. The number of nitrogens with one attached hydrogen (secondary N) is 1. The molecule has 1 saturated carbocycles. The highest BCUT2D eigenvalue weighted by Gasteiger charge is 2.23. The zero-order valence-corrected chi connectivity index (χ0v) is 15.3. The van der Waals surface area contributed by atoms with Crippen LogP contribution in [0.3, 0.4) is 0 Å². The van der Waals surface area contributed by atoms with E-state index in [-0.39, 0.29) is 6.10 Å². The third-order valence-electron chi connectivity index (χ3n) is 5.06. The summed E-state index contributed by atoms with van der Waals surface area (Å²) in [5.41, 5.74) is 3.49. The summed E-state index contributed by atoms with van der Waals surface area (Å²) in [5, 5.41) is 3.31. The highest BCUT2D eigenvalue weighted by molar-refractivity contribution is 5.54. The van der Waals surface area contributed by atoms with Crippen LogP contribution in [0.2, 0.25) is 0 Å². The molecule has 0 unspecified atom stereocenters. The number of hydrogen-bond donors (Lipinski definition) is 1. The molecule has 0 amide bonds. The van der Waals surface area contributed by atoms with E-state index in [1.54, 1.807) is 7.11 Å². The van der Waals surface area contributed by atoms with Gasteiger partial charge in [-0.25, -0.2) is 0 Å². The Hall–Kier alpha value is -2.00. The quantitative estimate of drug-likeness (QED) is 0.698. The fraction of sp³-hybridized carbons (Fsp3) is 0.455. The maximum Gasteiger partial charge on any atom is 0.118 e. The van der Waals surface area contributed by atoms with Crippen LogP contribution in [0, 0.1) is 0 Å². The van der Waals surface area contributed by atoms with E-state index in [9.17, 15) is 0 Å². The van der Waals surface area contributed by atoms with Crippen molar-refractivity contribution >= 4 is 5.69 Å². The van der Waals surface area contributed by atoms with E-state index in [0.717, 1.165) is 24.3 Å². The van der Waals surface area contributed by atoms with Gasteiger partial charge in [0.05, 0.1) is 13.2 Å². The molecule has 0 aromatic heterocycles. The minimum atomic E-state index is -0.0577. The molecule has 25 heavy (non-hydrogen) atoms. The van der Waals surface area contributed by atoms with Crippen LogP contribution in [-0.4, -0.2) is 20.3 Å². The van der Waals surface area contributed by atoms with E-state index >= 15 is 0 Å². The van der Waals surface area contributed by atoms with Gasteiger partial charge in [-0.15, -0.1) is 0 Å². The molecule has 1 aliphatic rings. The lowest BCUT2D eigenvalue weighted by Crippen LogP contribution is -2.18. The molecule has 1 aliphatic carbocycles. The Balaban J connectivity index is 1.91. The van der Waals surface area contributed by atoms with Crippen molar-refractivity contribution < 1.29 is 9.47 Å². The van der Waals surface area contributed by atoms with Crippen molar-refractivity contribution in [3.05, 3.63) is 59.7 Å². The Morgan fingerprint density at radius 2 is 1.60 bits per heavy atom. The van der Waals surface area contributed by atoms with Gasteiger partial charge in [0, 0.05) is 18.3 Å². The Morgan fingerprint density at radius 3 is 2.24 bits per heavy atom. The van der Waals surface area contributed by atoms with Crippen molar-refractivity contribution in [3.8, 4) is 5.75 Å². The Morgan fingerprint density at radius 1 is 0.920 bits per heavy atom. The van der Waals surface area contributed by atoms with Gasteiger partial charge < -0.3 is 14.8 Å². The first kappa shape index (κ1) is 17.8. The van der Waals surface area contributed by atoms with Gasteiger partial charge in [-0.1, -0.05) is 56.0 Å². The van der Waals surface area contributed by atoms with Crippen molar-refractivity contribution in [1.82, 2.24) is 0 Å². The molecular weight excluding hydrogens is 310 g/mol. The smallest absolute Gasteiger partial charge is 0.118 e. The summed E-state index contributed by atoms with van der Waals surface area (Å²) in [6.45, 7) is 0. The average molecular weight is 339 g/mol. The van der Waals surface area contributed by atoms with Gasteiger partial charge in [-0.05, 0) is 36.6 Å². The van der Waals surface area contributed by atoms with E-state index < -0.39 is 0 Å². The normalized spacial score (nSPS) is 16.9. The van der Waals surface area contributed by atoms with Crippen LogP contribution in [0.1, 0.15) is 55.8 Å². The molecular formula is C22H29NO2. The lowest BCUT2D eigenvalue weighted by atomic mass is 9.98. The van der Waals surface area contributed by atoms with Crippen molar-refractivity contribution in [2.75, 3.05) is 19.5 Å². The van der Waals surface area contributed by atoms with Crippen molar-refractivity contribution in [1.29, 1.82) is 0 Å². The lowest BCUT2D eigenvalue weighted by Gasteiger charge is -2.26. The minimum Gasteiger partial charge on any atom is -0.497 e. The third kappa shape index (κ3) is 4.55. The SMILES string of the molecule is CNc1ccccc1[C@@H](OC1CCCCCC1)c1ccc(OC)cc1. The fourth-order valence-electron chi connectivity index (χ4n) is 3.63. The summed E-state index contributed by atoms with van der Waals surface area (Å²) in [6, 6.07) is 16.7. The van der Waals surface area contributed by atoms with Crippen molar-refractivity contribution in [2.24, 2.45) is 0 Å². The number of para-hydroxylation sites is 1. The van der Waals surface area contributed by atoms with E-state index in [1.807, 2.05) is 19.2 Å². The zero-order valence-electron chi connectivity index (χ0n) is 15.3. The van der Waals surface area contributed by atoms with Gasteiger partial charge in [0.15, 0.2) is 0 Å². The number of anilines is 1. The summed E-state index contributed by atoms with van der Waals surface area (Å²) in [4.78, 5) is 0. The predicted octanol–water partition coefficient (Wildman–Crippen LogP) is 5.57. The van der Waals surface area contributed by atoms with Gasteiger partial charge >= 0.3 is 0 Å². The molecule has 1 fully saturated rings. The minimum absolute atomic E-state index is 0.0577. The third-order valence-corrected chi connectivity index (χ3v) is 5.06. The van der Waals surface area contributed by atoms with Crippen LogP contribution < -0.4 is 10.1 Å². The second-order valence-corrected chi connectivity index (χ2v) is 6.74. The van der Waals surface area contributed by atoms with Gasteiger partial charge in [0.2, 0.25) is 0 Å². The van der Waals surface area contributed by atoms with Crippen LogP contribution in [0.25, 0.3) is 0 Å². The van der Waals surface area contributed by atoms with Crippen LogP contribution in [-0.2, 0) is 4.74 Å². The van der Waals surface area contributed by atoms with Crippen LogP contribution >= 0.6 is 0 Å². The van der Waals surface area contributed by atoms with E-state index in [0.29, 0.717) is 6.10 Å². The molecule has 1 atom stereocenters. The summed E-state index contributed by atoms with van der Waals surface area (Å²) < 4.78 is 12.0. The molecule has 1 N–H and O–H groups in total. The standard InChI is InChI=1S/C22H29NO2/c1-23-21-12-8-7-11-20(21)22(17-13-15-18(24-2)16-14-17)25-19-9-5-3-4-6-10-19/h7-8,11-16,19,22-23H,3-6,9-10H2,1-2H3/t22-/m0/s1. The molecule has 3 rings (SSSR count). The molecule has 0 radical (unpaired) electrons. The van der Waals surface area contributed by atoms with Crippen LogP contribution in [0.5, 0.6) is 5.75 Å². The Labute approximate surface area is 151 Å². The van der Waals surface area contributed by atoms with Gasteiger partial charge in [0.25, 0.3) is 0 Å². The first-order valence-electron chi connectivity index (χ1n) is 9.38. The Kier molecular flexibility index (Phi) is 6.35. The van der Waals surface area contributed by atoms with E-state index in [1.165, 1.54) is 36.8 Å². The maximum atomic E-state index is 6.68. The van der Waals surface area contributed by atoms with Gasteiger partial charge in [-0.3, -0.25) is 0 Å². The second-order valence-electron chi connectivity index (χ2n) is 6.74. The zero-order chi connectivity index (χ0) is 17.5. The predicted molar refractivity (Wildman–Crippen MR) is 103 cm³/mol. The molecule has 0 aliphatic heterocycles. The first-order valence-corrected chi connectivity index (χ1v) is 9.38.